The quantitative estimate of drug-likeness (QED) is 0.864. The van der Waals surface area contributed by atoms with E-state index in [1.165, 1.54) is 37.7 Å². The van der Waals surface area contributed by atoms with Gasteiger partial charge in [0.15, 0.2) is 0 Å². The number of para-hydroxylation sites is 1. The molecule has 0 saturated heterocycles. The van der Waals surface area contributed by atoms with Crippen LogP contribution in [0.1, 0.15) is 37.7 Å². The molecule has 0 aliphatic heterocycles. The van der Waals surface area contributed by atoms with E-state index in [2.05, 4.69) is 36.4 Å². The van der Waals surface area contributed by atoms with Crippen LogP contribution in [0.15, 0.2) is 24.3 Å². The summed E-state index contributed by atoms with van der Waals surface area (Å²) in [7, 11) is 6.17. The van der Waals surface area contributed by atoms with Gasteiger partial charge >= 0.3 is 0 Å². The lowest BCUT2D eigenvalue weighted by molar-refractivity contribution is 0.0983. The zero-order valence-corrected chi connectivity index (χ0v) is 13.1. The minimum atomic E-state index is 0.334. The van der Waals surface area contributed by atoms with Crippen molar-refractivity contribution in [2.24, 2.45) is 0 Å². The first-order valence-corrected chi connectivity index (χ1v) is 7.68. The Bertz CT molecular complexity index is 411. The zero-order valence-electron chi connectivity index (χ0n) is 13.1. The van der Waals surface area contributed by atoms with Crippen molar-refractivity contribution in [2.75, 3.05) is 27.7 Å². The molecule has 20 heavy (non-hydrogen) atoms. The molecule has 3 nitrogen and oxygen atoms in total. The van der Waals surface area contributed by atoms with Crippen LogP contribution < -0.4 is 10.1 Å². The van der Waals surface area contributed by atoms with Crippen molar-refractivity contribution in [1.29, 1.82) is 0 Å². The molecule has 0 heterocycles. The average molecular weight is 276 g/mol. The minimum absolute atomic E-state index is 0.334. The van der Waals surface area contributed by atoms with Crippen molar-refractivity contribution in [3.8, 4) is 5.75 Å². The molecule has 1 aromatic carbocycles. The van der Waals surface area contributed by atoms with E-state index < -0.39 is 0 Å². The number of likely N-dealkylation sites (N-methyl/N-ethyl adjacent to an activating group) is 1. The Kier molecular flexibility index (Phi) is 5.44. The van der Waals surface area contributed by atoms with Gasteiger partial charge in [0.25, 0.3) is 0 Å². The molecule has 0 atom stereocenters. The Hall–Kier alpha value is -1.06. The van der Waals surface area contributed by atoms with Crippen LogP contribution in [0.2, 0.25) is 0 Å². The second-order valence-electron chi connectivity index (χ2n) is 6.09. The van der Waals surface area contributed by atoms with E-state index in [9.17, 15) is 0 Å². The lowest BCUT2D eigenvalue weighted by Crippen LogP contribution is -2.52. The molecule has 1 N–H and O–H groups in total. The second kappa shape index (κ2) is 7.09. The van der Waals surface area contributed by atoms with Gasteiger partial charge in [-0.3, -0.25) is 0 Å². The lowest BCUT2D eigenvalue weighted by atomic mass is 9.80. The topological polar surface area (TPSA) is 24.5 Å². The van der Waals surface area contributed by atoms with Crippen LogP contribution >= 0.6 is 0 Å². The highest BCUT2D eigenvalue weighted by molar-refractivity contribution is 5.33. The van der Waals surface area contributed by atoms with E-state index in [-0.39, 0.29) is 0 Å². The molecule has 1 aromatic rings. The SMILES string of the molecule is COc1ccccc1CNCC1(N(C)C)CCCCC1. The van der Waals surface area contributed by atoms with Crippen molar-refractivity contribution < 1.29 is 4.74 Å². The van der Waals surface area contributed by atoms with Crippen LogP contribution in [-0.2, 0) is 6.54 Å². The number of nitrogens with zero attached hydrogens (tertiary/aromatic N) is 1. The average Bonchev–Trinajstić information content (AvgIpc) is 2.48. The molecular weight excluding hydrogens is 248 g/mol. The summed E-state index contributed by atoms with van der Waals surface area (Å²) in [6.07, 6.45) is 6.71. The smallest absolute Gasteiger partial charge is 0.123 e. The molecule has 3 heteroatoms. The number of methoxy groups -OCH3 is 1. The van der Waals surface area contributed by atoms with Gasteiger partial charge in [-0.25, -0.2) is 0 Å². The van der Waals surface area contributed by atoms with Gasteiger partial charge < -0.3 is 15.0 Å². The fourth-order valence-corrected chi connectivity index (χ4v) is 3.27. The Balaban J connectivity index is 1.93. The standard InChI is InChI=1S/C17H28N2O/c1-19(2)17(11-7-4-8-12-17)14-18-13-15-9-5-6-10-16(15)20-3/h5-6,9-10,18H,4,7-8,11-14H2,1-3H3. The highest BCUT2D eigenvalue weighted by atomic mass is 16.5. The van der Waals surface area contributed by atoms with Gasteiger partial charge in [0, 0.05) is 24.2 Å². The monoisotopic (exact) mass is 276 g/mol. The van der Waals surface area contributed by atoms with Gasteiger partial charge in [-0.1, -0.05) is 37.5 Å². The number of benzene rings is 1. The maximum absolute atomic E-state index is 5.41. The van der Waals surface area contributed by atoms with Crippen molar-refractivity contribution in [1.82, 2.24) is 10.2 Å². The summed E-state index contributed by atoms with van der Waals surface area (Å²) >= 11 is 0. The molecular formula is C17H28N2O. The highest BCUT2D eigenvalue weighted by Crippen LogP contribution is 2.31. The largest absolute Gasteiger partial charge is 0.496 e. The third-order valence-corrected chi connectivity index (χ3v) is 4.69. The molecule has 112 valence electrons. The molecule has 1 saturated carbocycles. The molecule has 2 rings (SSSR count). The van der Waals surface area contributed by atoms with Gasteiger partial charge in [0.2, 0.25) is 0 Å². The Morgan fingerprint density at radius 2 is 1.85 bits per heavy atom. The maximum Gasteiger partial charge on any atom is 0.123 e. The van der Waals surface area contributed by atoms with Crippen LogP contribution in [0.5, 0.6) is 5.75 Å². The van der Waals surface area contributed by atoms with Crippen LogP contribution in [0.25, 0.3) is 0 Å². The van der Waals surface area contributed by atoms with Crippen LogP contribution in [0.4, 0.5) is 0 Å². The third kappa shape index (κ3) is 3.53. The van der Waals surface area contributed by atoms with E-state index in [1.54, 1.807) is 7.11 Å². The highest BCUT2D eigenvalue weighted by Gasteiger charge is 2.33. The molecule has 0 radical (unpaired) electrons. The van der Waals surface area contributed by atoms with Crippen molar-refractivity contribution in [3.63, 3.8) is 0 Å². The molecule has 0 aromatic heterocycles. The number of hydrogen-bond donors (Lipinski definition) is 1. The molecule has 0 unspecified atom stereocenters. The minimum Gasteiger partial charge on any atom is -0.496 e. The van der Waals surface area contributed by atoms with Gasteiger partial charge in [-0.2, -0.15) is 0 Å². The van der Waals surface area contributed by atoms with Crippen LogP contribution in [0.3, 0.4) is 0 Å². The summed E-state index contributed by atoms with van der Waals surface area (Å²) in [5.74, 6) is 0.975. The molecule has 0 spiro atoms. The number of hydrogen-bond acceptors (Lipinski definition) is 3. The summed E-state index contributed by atoms with van der Waals surface area (Å²) in [5, 5.41) is 3.65. The first kappa shape index (κ1) is 15.3. The maximum atomic E-state index is 5.41. The van der Waals surface area contributed by atoms with E-state index in [1.807, 2.05) is 12.1 Å². The summed E-state index contributed by atoms with van der Waals surface area (Å²) in [5.41, 5.74) is 1.57. The predicted octanol–water partition coefficient (Wildman–Crippen LogP) is 3.05. The third-order valence-electron chi connectivity index (χ3n) is 4.69. The summed E-state index contributed by atoms with van der Waals surface area (Å²) in [6, 6.07) is 8.25. The molecule has 0 amide bonds. The summed E-state index contributed by atoms with van der Waals surface area (Å²) in [4.78, 5) is 2.42. The van der Waals surface area contributed by atoms with E-state index in [0.717, 1.165) is 18.8 Å². The van der Waals surface area contributed by atoms with Gasteiger partial charge in [-0.15, -0.1) is 0 Å². The fourth-order valence-electron chi connectivity index (χ4n) is 3.27. The molecule has 1 aliphatic rings. The van der Waals surface area contributed by atoms with E-state index >= 15 is 0 Å². The van der Waals surface area contributed by atoms with Crippen molar-refractivity contribution in [3.05, 3.63) is 29.8 Å². The van der Waals surface area contributed by atoms with Gasteiger partial charge in [0.05, 0.1) is 7.11 Å². The van der Waals surface area contributed by atoms with Crippen molar-refractivity contribution >= 4 is 0 Å². The second-order valence-corrected chi connectivity index (χ2v) is 6.09. The zero-order chi connectivity index (χ0) is 14.4. The first-order valence-electron chi connectivity index (χ1n) is 7.68. The van der Waals surface area contributed by atoms with Gasteiger partial charge in [0.1, 0.15) is 5.75 Å². The van der Waals surface area contributed by atoms with Gasteiger partial charge in [-0.05, 0) is 33.0 Å². The van der Waals surface area contributed by atoms with E-state index in [4.69, 9.17) is 4.74 Å². The molecule has 0 bridgehead atoms. The normalized spacial score (nSPS) is 18.2. The number of rotatable bonds is 6. The van der Waals surface area contributed by atoms with Crippen molar-refractivity contribution in [2.45, 2.75) is 44.2 Å². The molecule has 1 aliphatic carbocycles. The number of ether oxygens (including phenoxy) is 1. The summed E-state index contributed by atoms with van der Waals surface area (Å²) < 4.78 is 5.41. The Morgan fingerprint density at radius 1 is 1.15 bits per heavy atom. The lowest BCUT2D eigenvalue weighted by Gasteiger charge is -2.43. The Morgan fingerprint density at radius 3 is 2.50 bits per heavy atom. The Labute approximate surface area is 123 Å². The fraction of sp³-hybridized carbons (Fsp3) is 0.647. The van der Waals surface area contributed by atoms with Crippen LogP contribution in [0, 0.1) is 0 Å². The number of nitrogens with one attached hydrogen (secondary N) is 1. The van der Waals surface area contributed by atoms with E-state index in [0.29, 0.717) is 5.54 Å². The summed E-state index contributed by atoms with van der Waals surface area (Å²) in [6.45, 7) is 1.93. The first-order chi connectivity index (χ1) is 9.68. The van der Waals surface area contributed by atoms with Crippen LogP contribution in [-0.4, -0.2) is 38.2 Å². The predicted molar refractivity (Wildman–Crippen MR) is 84.2 cm³/mol. The molecule has 1 fully saturated rings.